The van der Waals surface area contributed by atoms with Crippen molar-refractivity contribution in [3.05, 3.63) is 30.0 Å². The van der Waals surface area contributed by atoms with Crippen LogP contribution in [0.1, 0.15) is 5.56 Å². The van der Waals surface area contributed by atoms with Gasteiger partial charge in [0.25, 0.3) is 0 Å². The van der Waals surface area contributed by atoms with Gasteiger partial charge in [0.05, 0.1) is 11.8 Å². The summed E-state index contributed by atoms with van der Waals surface area (Å²) in [7, 11) is 0. The molecule has 1 heterocycles. The fourth-order valence-electron chi connectivity index (χ4n) is 0.908. The molecule has 0 aliphatic heterocycles. The summed E-state index contributed by atoms with van der Waals surface area (Å²) in [6.45, 7) is -3.30. The van der Waals surface area contributed by atoms with Crippen molar-refractivity contribution in [3.63, 3.8) is 0 Å². The summed E-state index contributed by atoms with van der Waals surface area (Å²) in [5.74, 6) is 0. The lowest BCUT2D eigenvalue weighted by molar-refractivity contribution is -0.137. The number of alkyl halides is 3. The molecule has 0 unspecified atom stereocenters. The van der Waals surface area contributed by atoms with E-state index >= 15 is 0 Å². The fourth-order valence-corrected chi connectivity index (χ4v) is 0.908. The maximum atomic E-state index is 12.1. The Labute approximate surface area is 86.6 Å². The van der Waals surface area contributed by atoms with Gasteiger partial charge in [0.2, 0.25) is 0 Å². The summed E-state index contributed by atoms with van der Waals surface area (Å²) in [5, 5.41) is 3.18. The average molecular weight is 243 g/mol. The molecule has 16 heavy (non-hydrogen) atoms. The number of aromatic nitrogens is 2. The fraction of sp³-hybridized carbons (Fsp3) is 0.286. The second kappa shape index (κ2) is 3.87. The van der Waals surface area contributed by atoms with Gasteiger partial charge in [-0.15, -0.1) is 12.1 Å². The lowest BCUT2D eigenvalue weighted by Gasteiger charge is -2.17. The van der Waals surface area contributed by atoms with Crippen molar-refractivity contribution < 1.29 is 26.1 Å². The largest absolute Gasteiger partial charge is 0.506 e. The molecule has 0 aliphatic rings. The topological polar surface area (TPSA) is 17.8 Å². The Morgan fingerprint density at radius 1 is 1.38 bits per heavy atom. The first-order chi connectivity index (χ1) is 7.10. The Bertz CT molecular complexity index is 390. The van der Waals surface area contributed by atoms with E-state index in [1.807, 2.05) is 0 Å². The Hall–Kier alpha value is -1.41. The number of halogens is 6. The van der Waals surface area contributed by atoms with Crippen LogP contribution < -0.4 is 0 Å². The van der Waals surface area contributed by atoms with Crippen LogP contribution >= 0.6 is 0 Å². The predicted octanol–water partition coefficient (Wildman–Crippen LogP) is 2.84. The summed E-state index contributed by atoms with van der Waals surface area (Å²) in [6.07, 6.45) is -3.63. The van der Waals surface area contributed by atoms with Gasteiger partial charge in [-0.1, -0.05) is 0 Å². The normalized spacial score (nSPS) is 12.9. The molecule has 0 N–H and O–H groups in total. The van der Waals surface area contributed by atoms with Crippen molar-refractivity contribution in [3.8, 4) is 0 Å². The third kappa shape index (κ3) is 3.04. The summed E-state index contributed by atoms with van der Waals surface area (Å²) < 4.78 is 73.0. The number of hydrogen-bond donors (Lipinski definition) is 0. The summed E-state index contributed by atoms with van der Waals surface area (Å²) in [4.78, 5) is 0. The van der Waals surface area contributed by atoms with Crippen LogP contribution in [0.3, 0.4) is 0 Å². The highest BCUT2D eigenvalue weighted by atomic mass is 19.4. The van der Waals surface area contributed by atoms with E-state index in [1.54, 1.807) is 0 Å². The van der Waals surface area contributed by atoms with Crippen LogP contribution in [-0.2, 0) is 12.7 Å². The van der Waals surface area contributed by atoms with Crippen LogP contribution in [0.25, 0.3) is 0 Å². The van der Waals surface area contributed by atoms with Gasteiger partial charge in [0.1, 0.15) is 0 Å². The van der Waals surface area contributed by atoms with Crippen LogP contribution in [0.5, 0.6) is 0 Å². The molecule has 1 aromatic heterocycles. The Morgan fingerprint density at radius 3 is 2.31 bits per heavy atom. The zero-order valence-corrected chi connectivity index (χ0v) is 7.81. The van der Waals surface area contributed by atoms with Crippen LogP contribution in [0.15, 0.2) is 24.4 Å². The predicted molar refractivity (Wildman–Crippen MR) is 45.4 cm³/mol. The van der Waals surface area contributed by atoms with Crippen molar-refractivity contribution in [1.82, 2.24) is 9.78 Å². The number of hydrogen-bond acceptors (Lipinski definition) is 1. The van der Waals surface area contributed by atoms with Crippen molar-refractivity contribution in [2.75, 3.05) is 0 Å². The molecule has 0 atom stereocenters. The average Bonchev–Trinajstić information content (AvgIpc) is 2.49. The Morgan fingerprint density at radius 2 is 1.94 bits per heavy atom. The molecule has 0 saturated heterocycles. The number of rotatable bonds is 3. The van der Waals surface area contributed by atoms with E-state index < -0.39 is 30.7 Å². The maximum Gasteiger partial charge on any atom is 0.506 e. The van der Waals surface area contributed by atoms with E-state index in [4.69, 9.17) is 0 Å². The molecule has 0 bridgehead atoms. The zero-order valence-electron chi connectivity index (χ0n) is 7.81. The molecular weight excluding hydrogens is 237 g/mol. The van der Waals surface area contributed by atoms with Gasteiger partial charge < -0.3 is 12.9 Å². The molecule has 0 amide bonds. The smallest absolute Gasteiger partial charge is 0.445 e. The highest BCUT2D eigenvalue weighted by Gasteiger charge is 2.33. The minimum Gasteiger partial charge on any atom is -0.445 e. The third-order valence-electron chi connectivity index (χ3n) is 1.79. The Kier molecular flexibility index (Phi) is 3.07. The standard InChI is InChI=1S/C7H6BF6N2/c1-5(8(12,13)14)3-16-4-6(2-15-16)7(9,10)11/h2,4H,1,3H2/q-1. The minimum atomic E-state index is -5.26. The van der Waals surface area contributed by atoms with E-state index in [2.05, 4.69) is 11.7 Å². The van der Waals surface area contributed by atoms with Crippen LogP contribution in [0.4, 0.5) is 26.1 Å². The summed E-state index contributed by atoms with van der Waals surface area (Å²) in [5.41, 5.74) is -2.19. The van der Waals surface area contributed by atoms with Crippen molar-refractivity contribution in [2.24, 2.45) is 0 Å². The molecule has 0 spiro atoms. The van der Waals surface area contributed by atoms with E-state index in [9.17, 15) is 26.1 Å². The molecule has 2 nitrogen and oxygen atoms in total. The van der Waals surface area contributed by atoms with Gasteiger partial charge in [0.15, 0.2) is 0 Å². The molecular formula is C7H6BF6N2-. The lowest BCUT2D eigenvalue weighted by Crippen LogP contribution is -2.22. The second-order valence-corrected chi connectivity index (χ2v) is 3.16. The second-order valence-electron chi connectivity index (χ2n) is 3.16. The van der Waals surface area contributed by atoms with Gasteiger partial charge in [-0.25, -0.2) is 0 Å². The molecule has 90 valence electrons. The molecule has 0 fully saturated rings. The SMILES string of the molecule is C=C(Cn1cc(C(F)(F)F)cn1)[B-](F)(F)F. The monoisotopic (exact) mass is 243 g/mol. The molecule has 1 rings (SSSR count). The highest BCUT2D eigenvalue weighted by Crippen LogP contribution is 2.29. The van der Waals surface area contributed by atoms with Gasteiger partial charge in [-0.05, 0) is 0 Å². The molecule has 0 aromatic carbocycles. The molecule has 1 aromatic rings. The van der Waals surface area contributed by atoms with Gasteiger partial charge in [-0.3, -0.25) is 4.68 Å². The van der Waals surface area contributed by atoms with E-state index in [0.717, 1.165) is 0 Å². The third-order valence-corrected chi connectivity index (χ3v) is 1.79. The van der Waals surface area contributed by atoms with Gasteiger partial charge in [-0.2, -0.15) is 18.3 Å². The molecule has 9 heteroatoms. The van der Waals surface area contributed by atoms with Crippen LogP contribution in [0, 0.1) is 0 Å². The van der Waals surface area contributed by atoms with E-state index in [-0.39, 0.29) is 0 Å². The molecule has 0 radical (unpaired) electrons. The van der Waals surface area contributed by atoms with E-state index in [0.29, 0.717) is 17.1 Å². The highest BCUT2D eigenvalue weighted by molar-refractivity contribution is 6.66. The first-order valence-corrected chi connectivity index (χ1v) is 4.08. The van der Waals surface area contributed by atoms with Gasteiger partial charge in [0, 0.05) is 12.7 Å². The number of nitrogens with zero attached hydrogens (tertiary/aromatic N) is 2. The number of allylic oxidation sites excluding steroid dienone is 1. The first kappa shape index (κ1) is 12.7. The van der Waals surface area contributed by atoms with Crippen molar-refractivity contribution in [1.29, 1.82) is 0 Å². The molecule has 0 aliphatic carbocycles. The van der Waals surface area contributed by atoms with E-state index in [1.165, 1.54) is 0 Å². The quantitative estimate of drug-likeness (QED) is 0.589. The first-order valence-electron chi connectivity index (χ1n) is 4.08. The van der Waals surface area contributed by atoms with Crippen LogP contribution in [-0.4, -0.2) is 16.8 Å². The van der Waals surface area contributed by atoms with Crippen LogP contribution in [0.2, 0.25) is 0 Å². The summed E-state index contributed by atoms with van der Waals surface area (Å²) >= 11 is 0. The molecule has 0 saturated carbocycles. The summed E-state index contributed by atoms with van der Waals surface area (Å²) in [6, 6.07) is 0. The zero-order chi connectivity index (χ0) is 12.6. The van der Waals surface area contributed by atoms with Gasteiger partial charge >= 0.3 is 13.2 Å². The van der Waals surface area contributed by atoms with Crippen molar-refractivity contribution >= 4 is 6.98 Å². The lowest BCUT2D eigenvalue weighted by atomic mass is 9.80. The van der Waals surface area contributed by atoms with Crippen molar-refractivity contribution in [2.45, 2.75) is 12.7 Å². The maximum absolute atomic E-state index is 12.1. The Balaban J connectivity index is 2.78. The minimum absolute atomic E-state index is 0.469.